The van der Waals surface area contributed by atoms with Crippen LogP contribution in [0, 0.1) is 0 Å². The van der Waals surface area contributed by atoms with Crippen LogP contribution in [0.25, 0.3) is 0 Å². The number of pyridine rings is 1. The van der Waals surface area contributed by atoms with Crippen molar-refractivity contribution in [3.05, 3.63) is 24.4 Å². The number of hydrogen-bond donors (Lipinski definition) is 1. The van der Waals surface area contributed by atoms with Crippen molar-refractivity contribution in [1.82, 2.24) is 4.98 Å². The van der Waals surface area contributed by atoms with Crippen LogP contribution in [0.4, 0.5) is 0 Å². The van der Waals surface area contributed by atoms with Crippen LogP contribution in [0.2, 0.25) is 0 Å². The number of thioether (sulfide) groups is 1. The maximum atomic E-state index is 13.5. The fourth-order valence-corrected chi connectivity index (χ4v) is 8.63. The zero-order chi connectivity index (χ0) is 21.8. The van der Waals surface area contributed by atoms with Gasteiger partial charge in [0.05, 0.1) is 31.5 Å². The van der Waals surface area contributed by atoms with E-state index in [-0.39, 0.29) is 32.8 Å². The van der Waals surface area contributed by atoms with Crippen molar-refractivity contribution in [2.24, 2.45) is 0 Å². The molecule has 29 heavy (non-hydrogen) atoms. The summed E-state index contributed by atoms with van der Waals surface area (Å²) < 4.78 is 48.3. The summed E-state index contributed by atoms with van der Waals surface area (Å²) in [5.74, 6) is 0.730. The van der Waals surface area contributed by atoms with Gasteiger partial charge >= 0.3 is 15.2 Å². The lowest BCUT2D eigenvalue weighted by molar-refractivity contribution is 0.0762. The van der Waals surface area contributed by atoms with Crippen molar-refractivity contribution >= 4 is 27.0 Å². The van der Waals surface area contributed by atoms with Gasteiger partial charge in [-0.2, -0.15) is 0 Å². The quantitative estimate of drug-likeness (QED) is 0.190. The summed E-state index contributed by atoms with van der Waals surface area (Å²) in [6.07, 6.45) is 2.71. The molecule has 0 spiro atoms. The zero-order valence-electron chi connectivity index (χ0n) is 17.6. The molecule has 1 aromatic rings. The van der Waals surface area contributed by atoms with Gasteiger partial charge in [0.2, 0.25) is 0 Å². The Kier molecular flexibility index (Phi) is 12.2. The highest BCUT2D eigenvalue weighted by molar-refractivity contribution is 7.99. The summed E-state index contributed by atoms with van der Waals surface area (Å²) in [6.45, 7) is 6.59. The maximum absolute atomic E-state index is 13.5. The summed E-state index contributed by atoms with van der Waals surface area (Å²) >= 11 is 1.57. The van der Waals surface area contributed by atoms with Crippen LogP contribution < -0.4 is 0 Å². The lowest BCUT2D eigenvalue weighted by atomic mass is 10.2. The minimum absolute atomic E-state index is 0.0212. The molecule has 0 radical (unpaired) electrons. The SMILES string of the molecule is CCOP(=O)(OCC)C(O)(CCCCSc1ccccn1)P(=O)(OCC)OCC. The highest BCUT2D eigenvalue weighted by Crippen LogP contribution is 2.78. The molecule has 1 aromatic heterocycles. The minimum Gasteiger partial charge on any atom is -0.368 e. The Balaban J connectivity index is 2.99. The summed E-state index contributed by atoms with van der Waals surface area (Å²) in [6, 6.07) is 5.68. The molecule has 0 atom stereocenters. The van der Waals surface area contributed by atoms with Gasteiger partial charge in [-0.15, -0.1) is 11.8 Å². The normalized spacial score (nSPS) is 13.0. The number of aliphatic hydroxyl groups is 1. The number of aromatic nitrogens is 1. The number of hydrogen-bond acceptors (Lipinski definition) is 9. The summed E-state index contributed by atoms with van der Waals surface area (Å²) in [4.78, 5) is 4.25. The number of nitrogens with zero attached hydrogens (tertiary/aromatic N) is 1. The van der Waals surface area contributed by atoms with Gasteiger partial charge in [0.25, 0.3) is 5.08 Å². The smallest absolute Gasteiger partial charge is 0.368 e. The zero-order valence-corrected chi connectivity index (χ0v) is 20.2. The first-order valence-corrected chi connectivity index (χ1v) is 13.9. The second kappa shape index (κ2) is 13.2. The third kappa shape index (κ3) is 7.15. The van der Waals surface area contributed by atoms with E-state index in [1.807, 2.05) is 18.2 Å². The molecule has 0 aromatic carbocycles. The highest BCUT2D eigenvalue weighted by atomic mass is 32.2. The third-order valence-corrected chi connectivity index (χ3v) is 11.0. The average Bonchev–Trinajstić information content (AvgIpc) is 2.69. The fraction of sp³-hybridized carbons (Fsp3) is 0.722. The first-order chi connectivity index (χ1) is 13.8. The van der Waals surface area contributed by atoms with E-state index in [2.05, 4.69) is 4.98 Å². The van der Waals surface area contributed by atoms with Crippen LogP contribution in [-0.2, 0) is 27.2 Å². The minimum atomic E-state index is -4.21. The van der Waals surface area contributed by atoms with Crippen LogP contribution >= 0.6 is 27.0 Å². The number of rotatable bonds is 16. The molecule has 168 valence electrons. The molecule has 0 unspecified atom stereocenters. The van der Waals surface area contributed by atoms with E-state index in [0.29, 0.717) is 12.8 Å². The Morgan fingerprint density at radius 3 is 1.86 bits per heavy atom. The predicted molar refractivity (Wildman–Crippen MR) is 115 cm³/mol. The molecule has 1 heterocycles. The largest absolute Gasteiger partial charge is 0.374 e. The molecule has 0 bridgehead atoms. The van der Waals surface area contributed by atoms with E-state index in [1.54, 1.807) is 45.7 Å². The van der Waals surface area contributed by atoms with Crippen molar-refractivity contribution < 1.29 is 32.3 Å². The molecule has 0 fully saturated rings. The second-order valence-corrected chi connectivity index (χ2v) is 11.9. The Labute approximate surface area is 178 Å². The molecule has 0 saturated heterocycles. The first-order valence-electron chi connectivity index (χ1n) is 9.87. The lowest BCUT2D eigenvalue weighted by Crippen LogP contribution is -2.33. The Morgan fingerprint density at radius 1 is 0.931 bits per heavy atom. The molecule has 0 aliphatic heterocycles. The number of unbranched alkanes of at least 4 members (excludes halogenated alkanes) is 1. The van der Waals surface area contributed by atoms with E-state index in [0.717, 1.165) is 10.8 Å². The standard InChI is InChI=1S/C18H33NO7P2S/c1-5-23-27(21,24-6-2)18(20,28(22,25-7-3)26-8-4)14-10-12-16-29-17-13-9-11-15-19-17/h9,11,13,15,20H,5-8,10,12,14,16H2,1-4H3. The summed E-state index contributed by atoms with van der Waals surface area (Å²) in [5, 5.41) is 9.96. The topological polar surface area (TPSA) is 104 Å². The van der Waals surface area contributed by atoms with E-state index >= 15 is 0 Å². The van der Waals surface area contributed by atoms with E-state index in [1.165, 1.54) is 0 Å². The van der Waals surface area contributed by atoms with Crippen LogP contribution in [0.3, 0.4) is 0 Å². The Hall–Kier alpha value is -0.240. The lowest BCUT2D eigenvalue weighted by Gasteiger charge is -2.38. The van der Waals surface area contributed by atoms with E-state index in [4.69, 9.17) is 18.1 Å². The van der Waals surface area contributed by atoms with Gasteiger partial charge in [0, 0.05) is 6.20 Å². The maximum Gasteiger partial charge on any atom is 0.374 e. The van der Waals surface area contributed by atoms with Crippen molar-refractivity contribution in [3.8, 4) is 0 Å². The molecule has 1 N–H and O–H groups in total. The van der Waals surface area contributed by atoms with Gasteiger partial charge in [-0.1, -0.05) is 6.07 Å². The Bertz CT molecular complexity index is 627. The van der Waals surface area contributed by atoms with Gasteiger partial charge in [0.1, 0.15) is 0 Å². The molecule has 8 nitrogen and oxygen atoms in total. The van der Waals surface area contributed by atoms with Gasteiger partial charge in [-0.25, -0.2) is 4.98 Å². The van der Waals surface area contributed by atoms with E-state index < -0.39 is 20.3 Å². The monoisotopic (exact) mass is 469 g/mol. The fourth-order valence-electron chi connectivity index (χ4n) is 2.67. The van der Waals surface area contributed by atoms with Crippen LogP contribution in [0.1, 0.15) is 47.0 Å². The van der Waals surface area contributed by atoms with Crippen LogP contribution in [0.5, 0.6) is 0 Å². The molecule has 0 saturated carbocycles. The molecule has 1 rings (SSSR count). The van der Waals surface area contributed by atoms with Crippen LogP contribution in [-0.4, -0.2) is 47.4 Å². The predicted octanol–water partition coefficient (Wildman–Crippen LogP) is 5.52. The average molecular weight is 469 g/mol. The molecular weight excluding hydrogens is 436 g/mol. The molecule has 0 amide bonds. The first kappa shape index (κ1) is 26.8. The van der Waals surface area contributed by atoms with E-state index in [9.17, 15) is 14.2 Å². The van der Waals surface area contributed by atoms with Crippen molar-refractivity contribution in [2.45, 2.75) is 57.1 Å². The highest BCUT2D eigenvalue weighted by Gasteiger charge is 2.64. The second-order valence-electron chi connectivity index (χ2n) is 5.91. The van der Waals surface area contributed by atoms with Gasteiger partial charge in [0.15, 0.2) is 0 Å². The van der Waals surface area contributed by atoms with Crippen molar-refractivity contribution in [2.75, 3.05) is 32.2 Å². The summed E-state index contributed by atoms with van der Waals surface area (Å²) in [5.41, 5.74) is 0. The molecule has 0 aliphatic carbocycles. The molecule has 11 heteroatoms. The Morgan fingerprint density at radius 2 is 1.45 bits per heavy atom. The summed E-state index contributed by atoms with van der Waals surface area (Å²) in [7, 11) is -8.41. The molecular formula is C18H33NO7P2S. The van der Waals surface area contributed by atoms with Gasteiger partial charge in [-0.05, 0) is 64.8 Å². The molecule has 0 aliphatic rings. The van der Waals surface area contributed by atoms with Crippen molar-refractivity contribution in [3.63, 3.8) is 0 Å². The van der Waals surface area contributed by atoms with Crippen molar-refractivity contribution in [1.29, 1.82) is 0 Å². The third-order valence-electron chi connectivity index (χ3n) is 3.87. The van der Waals surface area contributed by atoms with Crippen LogP contribution in [0.15, 0.2) is 29.4 Å². The van der Waals surface area contributed by atoms with Gasteiger partial charge in [-0.3, -0.25) is 9.13 Å². The van der Waals surface area contributed by atoms with Gasteiger partial charge < -0.3 is 23.2 Å².